The number of carbonyl (C=O) groups is 1. The zero-order valence-electron chi connectivity index (χ0n) is 14.4. The monoisotopic (exact) mass is 424 g/mol. The van der Waals surface area contributed by atoms with Crippen LogP contribution in [0.1, 0.15) is 11.4 Å². The number of nitrogens with zero attached hydrogens (tertiary/aromatic N) is 3. The van der Waals surface area contributed by atoms with Crippen molar-refractivity contribution in [1.29, 1.82) is 0 Å². The molecule has 1 amide bonds. The molecule has 0 saturated carbocycles. The van der Waals surface area contributed by atoms with Crippen molar-refractivity contribution in [2.24, 2.45) is 0 Å². The maximum Gasteiger partial charge on any atom is 0.573 e. The van der Waals surface area contributed by atoms with Gasteiger partial charge in [-0.25, -0.2) is 14.5 Å². The maximum atomic E-state index is 12.2. The Labute approximate surface area is 167 Å². The van der Waals surface area contributed by atoms with Crippen molar-refractivity contribution in [3.63, 3.8) is 0 Å². The van der Waals surface area contributed by atoms with Crippen LogP contribution in [0.15, 0.2) is 48.8 Å². The number of hydrogen-bond acceptors (Lipinski definition) is 4. The van der Waals surface area contributed by atoms with Crippen LogP contribution < -0.4 is 10.1 Å². The number of hydrogen-bond donors (Lipinski definition) is 2. The summed E-state index contributed by atoms with van der Waals surface area (Å²) in [4.78, 5) is 14.8. The third kappa shape index (κ3) is 5.72. The molecule has 0 atom stereocenters. The first-order valence-corrected chi connectivity index (χ1v) is 8.33. The molecule has 0 aliphatic rings. The fraction of sp³-hybridized carbons (Fsp3) is 0.0556. The predicted octanol–water partition coefficient (Wildman–Crippen LogP) is 5.08. The van der Waals surface area contributed by atoms with Crippen LogP contribution in [0.3, 0.4) is 0 Å². The highest BCUT2D eigenvalue weighted by atomic mass is 35.5. The number of benzene rings is 2. The number of halogens is 4. The number of carboxylic acid groups (broad SMARTS) is 1. The van der Waals surface area contributed by atoms with E-state index in [1.807, 2.05) is 0 Å². The van der Waals surface area contributed by atoms with E-state index in [0.717, 1.165) is 0 Å². The Bertz CT molecular complexity index is 1050. The van der Waals surface area contributed by atoms with E-state index in [-0.39, 0.29) is 16.5 Å². The lowest BCUT2D eigenvalue weighted by atomic mass is 10.2. The second-order valence-electron chi connectivity index (χ2n) is 5.59. The molecule has 2 aromatic carbocycles. The predicted molar refractivity (Wildman–Crippen MR) is 100 cm³/mol. The Hall–Kier alpha value is -3.53. The van der Waals surface area contributed by atoms with Gasteiger partial charge in [0, 0.05) is 0 Å². The van der Waals surface area contributed by atoms with Crippen LogP contribution in [0, 0.1) is 0 Å². The first-order chi connectivity index (χ1) is 13.7. The van der Waals surface area contributed by atoms with E-state index in [1.165, 1.54) is 41.3 Å². The Balaban J connectivity index is 1.70. The van der Waals surface area contributed by atoms with Crippen LogP contribution in [0.2, 0.25) is 5.02 Å². The fourth-order valence-corrected chi connectivity index (χ4v) is 2.54. The first kappa shape index (κ1) is 20.2. The molecule has 7 nitrogen and oxygen atoms in total. The molecule has 0 radical (unpaired) electrons. The number of anilines is 1. The van der Waals surface area contributed by atoms with E-state index in [2.05, 4.69) is 20.1 Å². The zero-order valence-corrected chi connectivity index (χ0v) is 15.1. The number of rotatable bonds is 5. The van der Waals surface area contributed by atoms with Crippen molar-refractivity contribution >= 4 is 35.5 Å². The Morgan fingerprint density at radius 1 is 1.17 bits per heavy atom. The van der Waals surface area contributed by atoms with Crippen LogP contribution >= 0.6 is 11.6 Å². The lowest BCUT2D eigenvalue weighted by molar-refractivity contribution is -0.274. The van der Waals surface area contributed by atoms with Gasteiger partial charge in [0.05, 0.1) is 16.4 Å². The van der Waals surface area contributed by atoms with E-state index in [0.29, 0.717) is 17.1 Å². The van der Waals surface area contributed by atoms with Gasteiger partial charge in [-0.1, -0.05) is 23.7 Å². The molecule has 11 heteroatoms. The van der Waals surface area contributed by atoms with E-state index in [4.69, 9.17) is 16.7 Å². The summed E-state index contributed by atoms with van der Waals surface area (Å²) in [7, 11) is 0. The van der Waals surface area contributed by atoms with E-state index in [1.54, 1.807) is 24.3 Å². The highest BCUT2D eigenvalue weighted by Gasteiger charge is 2.30. The van der Waals surface area contributed by atoms with Gasteiger partial charge in [-0.05, 0) is 48.0 Å². The Kier molecular flexibility index (Phi) is 5.74. The number of alkyl halides is 3. The van der Waals surface area contributed by atoms with Gasteiger partial charge < -0.3 is 9.84 Å². The topological polar surface area (TPSA) is 89.3 Å². The summed E-state index contributed by atoms with van der Waals surface area (Å²) in [6.45, 7) is 0. The largest absolute Gasteiger partial charge is 0.573 e. The third-order valence-electron chi connectivity index (χ3n) is 3.50. The molecule has 3 aromatic rings. The summed E-state index contributed by atoms with van der Waals surface area (Å²) in [5, 5.41) is 15.3. The highest BCUT2D eigenvalue weighted by molar-refractivity contribution is 6.33. The molecule has 2 N–H and O–H groups in total. The van der Waals surface area contributed by atoms with Gasteiger partial charge >= 0.3 is 12.5 Å². The molecular weight excluding hydrogens is 413 g/mol. The molecule has 150 valence electrons. The van der Waals surface area contributed by atoms with E-state index < -0.39 is 12.5 Å². The molecular formula is C18H12ClF3N4O3. The molecule has 0 fully saturated rings. The fourth-order valence-electron chi connectivity index (χ4n) is 2.30. The van der Waals surface area contributed by atoms with Gasteiger partial charge in [-0.2, -0.15) is 0 Å². The Morgan fingerprint density at radius 2 is 1.90 bits per heavy atom. The average molecular weight is 425 g/mol. The smallest absolute Gasteiger partial charge is 0.465 e. The van der Waals surface area contributed by atoms with Crippen LogP contribution in [0.25, 0.3) is 17.8 Å². The van der Waals surface area contributed by atoms with Crippen LogP contribution in [0.5, 0.6) is 5.75 Å². The Morgan fingerprint density at radius 3 is 2.52 bits per heavy atom. The molecule has 0 spiro atoms. The molecule has 0 aliphatic carbocycles. The minimum absolute atomic E-state index is 0.231. The van der Waals surface area contributed by atoms with Crippen molar-refractivity contribution < 1.29 is 27.8 Å². The SMILES string of the molecule is O=C(O)Nc1ccc(C=Cc2ncn(-c3ccc(OC(F)(F)F)cc3)n2)cc1Cl. The molecule has 0 aliphatic heterocycles. The van der Waals surface area contributed by atoms with Crippen molar-refractivity contribution in [3.8, 4) is 11.4 Å². The minimum Gasteiger partial charge on any atom is -0.465 e. The normalized spacial score (nSPS) is 11.6. The molecule has 0 unspecified atom stereocenters. The summed E-state index contributed by atoms with van der Waals surface area (Å²) in [5.74, 6) is 0.0173. The van der Waals surface area contributed by atoms with E-state index in [9.17, 15) is 18.0 Å². The van der Waals surface area contributed by atoms with Crippen molar-refractivity contribution in [2.45, 2.75) is 6.36 Å². The number of ether oxygens (including phenoxy) is 1. The lowest BCUT2D eigenvalue weighted by Crippen LogP contribution is -2.17. The number of nitrogens with one attached hydrogen (secondary N) is 1. The third-order valence-corrected chi connectivity index (χ3v) is 3.82. The zero-order chi connectivity index (χ0) is 21.0. The van der Waals surface area contributed by atoms with Gasteiger partial charge in [0.15, 0.2) is 5.82 Å². The molecule has 1 aromatic heterocycles. The van der Waals surface area contributed by atoms with E-state index >= 15 is 0 Å². The van der Waals surface area contributed by atoms with Gasteiger partial charge in [-0.15, -0.1) is 18.3 Å². The van der Waals surface area contributed by atoms with Gasteiger partial charge in [0.1, 0.15) is 12.1 Å². The lowest BCUT2D eigenvalue weighted by Gasteiger charge is -2.09. The standard InChI is InChI=1S/C18H12ClF3N4O3/c19-14-9-11(1-7-15(14)24-17(27)28)2-8-16-23-10-26(25-16)12-3-5-13(6-4-12)29-18(20,21)22/h1-10,24H,(H,27,28). The van der Waals surface area contributed by atoms with Gasteiger partial charge in [0.2, 0.25) is 0 Å². The minimum atomic E-state index is -4.75. The summed E-state index contributed by atoms with van der Waals surface area (Å²) in [6.07, 6.45) is -1.28. The summed E-state index contributed by atoms with van der Waals surface area (Å²) < 4.78 is 41.8. The van der Waals surface area contributed by atoms with Crippen LogP contribution in [-0.4, -0.2) is 32.3 Å². The molecule has 29 heavy (non-hydrogen) atoms. The summed E-state index contributed by atoms with van der Waals surface area (Å²) in [5.41, 5.74) is 1.45. The summed E-state index contributed by atoms with van der Waals surface area (Å²) >= 11 is 6.02. The molecule has 0 bridgehead atoms. The van der Waals surface area contributed by atoms with Crippen molar-refractivity contribution in [1.82, 2.24) is 14.8 Å². The van der Waals surface area contributed by atoms with Crippen LogP contribution in [-0.2, 0) is 0 Å². The maximum absolute atomic E-state index is 12.2. The average Bonchev–Trinajstić information content (AvgIpc) is 3.10. The first-order valence-electron chi connectivity index (χ1n) is 7.95. The van der Waals surface area contributed by atoms with Gasteiger partial charge in [0.25, 0.3) is 0 Å². The number of aromatic nitrogens is 3. The summed E-state index contributed by atoms with van der Waals surface area (Å²) in [6, 6.07) is 9.92. The van der Waals surface area contributed by atoms with Crippen LogP contribution in [0.4, 0.5) is 23.7 Å². The van der Waals surface area contributed by atoms with Crippen molar-refractivity contribution in [2.75, 3.05) is 5.32 Å². The van der Waals surface area contributed by atoms with Gasteiger partial charge in [-0.3, -0.25) is 5.32 Å². The molecule has 1 heterocycles. The second kappa shape index (κ2) is 8.23. The quantitative estimate of drug-likeness (QED) is 0.596. The van der Waals surface area contributed by atoms with Crippen molar-refractivity contribution in [3.05, 3.63) is 65.2 Å². The molecule has 0 saturated heterocycles. The second-order valence-corrected chi connectivity index (χ2v) is 6.00. The highest BCUT2D eigenvalue weighted by Crippen LogP contribution is 2.25. The molecule has 3 rings (SSSR count). The number of amides is 1.